The average Bonchev–Trinajstić information content (AvgIpc) is 3.33. The minimum absolute atomic E-state index is 0.183. The van der Waals surface area contributed by atoms with Gasteiger partial charge in [0.2, 0.25) is 0 Å². The molecule has 1 heterocycles. The minimum Gasteiger partial charge on any atom is -0.438 e. The largest absolute Gasteiger partial charge is 0.438 e. The molecule has 8 heteroatoms. The number of carbonyl (C=O) groups excluding carboxylic acids is 1. The van der Waals surface area contributed by atoms with Crippen molar-refractivity contribution in [2.24, 2.45) is 5.73 Å². The molecular weight excluding hydrogens is 352 g/mol. The van der Waals surface area contributed by atoms with Crippen LogP contribution in [-0.2, 0) is 10.3 Å². The molecule has 1 amide bonds. The summed E-state index contributed by atoms with van der Waals surface area (Å²) in [6, 6.07) is 7.85. The predicted molar refractivity (Wildman–Crippen MR) is 86.3 cm³/mol. The van der Waals surface area contributed by atoms with E-state index in [0.29, 0.717) is 24.0 Å². The number of allylic oxidation sites excluding steroid dienone is 1. The standard InChI is InChI=1S/C18H14F4N2O2/c1-10(18(20,21)22)14-8-12(17(6-7-17)26-16(23)25)9-15(24-14)11-2-4-13(19)5-3-11/h2-5,8-9H,1,6-7H2,(H2,23,25). The van der Waals surface area contributed by atoms with Gasteiger partial charge in [0.15, 0.2) is 0 Å². The summed E-state index contributed by atoms with van der Waals surface area (Å²) in [5, 5.41) is 0. The van der Waals surface area contributed by atoms with Gasteiger partial charge in [-0.05, 0) is 54.8 Å². The third-order valence-corrected chi connectivity index (χ3v) is 4.14. The zero-order valence-corrected chi connectivity index (χ0v) is 13.4. The Bertz CT molecular complexity index is 872. The molecule has 1 aliphatic rings. The highest BCUT2D eigenvalue weighted by Gasteiger charge is 2.49. The topological polar surface area (TPSA) is 65.2 Å². The van der Waals surface area contributed by atoms with Crippen molar-refractivity contribution in [3.63, 3.8) is 0 Å². The Morgan fingerprint density at radius 2 is 1.81 bits per heavy atom. The van der Waals surface area contributed by atoms with Gasteiger partial charge in [0.25, 0.3) is 0 Å². The third-order valence-electron chi connectivity index (χ3n) is 4.14. The van der Waals surface area contributed by atoms with Crippen LogP contribution in [0.4, 0.5) is 22.4 Å². The first kappa shape index (κ1) is 17.9. The number of halogens is 4. The second-order valence-electron chi connectivity index (χ2n) is 6.02. The van der Waals surface area contributed by atoms with Crippen LogP contribution in [0.3, 0.4) is 0 Å². The lowest BCUT2D eigenvalue weighted by atomic mass is 10.0. The summed E-state index contributed by atoms with van der Waals surface area (Å²) in [7, 11) is 0. The van der Waals surface area contributed by atoms with E-state index in [1.807, 2.05) is 0 Å². The number of nitrogens with two attached hydrogens (primary N) is 1. The minimum atomic E-state index is -4.67. The molecule has 0 aliphatic heterocycles. The van der Waals surface area contributed by atoms with E-state index in [1.165, 1.54) is 36.4 Å². The van der Waals surface area contributed by atoms with Gasteiger partial charge >= 0.3 is 12.3 Å². The molecule has 0 unspecified atom stereocenters. The summed E-state index contributed by atoms with van der Waals surface area (Å²) in [6.45, 7) is 3.07. The van der Waals surface area contributed by atoms with Gasteiger partial charge in [0.1, 0.15) is 11.4 Å². The van der Waals surface area contributed by atoms with Crippen molar-refractivity contribution in [3.05, 3.63) is 60.1 Å². The molecule has 3 rings (SSSR count). The van der Waals surface area contributed by atoms with Crippen molar-refractivity contribution in [2.75, 3.05) is 0 Å². The number of hydrogen-bond acceptors (Lipinski definition) is 3. The highest BCUT2D eigenvalue weighted by Crippen LogP contribution is 2.50. The number of alkyl halides is 3. The number of nitrogens with zero attached hydrogens (tertiary/aromatic N) is 1. The summed E-state index contributed by atoms with van der Waals surface area (Å²) in [6.07, 6.45) is -4.83. The van der Waals surface area contributed by atoms with E-state index in [2.05, 4.69) is 11.6 Å². The van der Waals surface area contributed by atoms with Crippen molar-refractivity contribution in [2.45, 2.75) is 24.6 Å². The average molecular weight is 366 g/mol. The molecule has 1 fully saturated rings. The van der Waals surface area contributed by atoms with Gasteiger partial charge < -0.3 is 10.5 Å². The molecule has 0 spiro atoms. The van der Waals surface area contributed by atoms with Crippen LogP contribution in [0.15, 0.2) is 43.0 Å². The summed E-state index contributed by atoms with van der Waals surface area (Å²) >= 11 is 0. The predicted octanol–water partition coefficient (Wildman–Crippen LogP) is 4.55. The zero-order chi connectivity index (χ0) is 19.1. The fourth-order valence-electron chi connectivity index (χ4n) is 2.62. The molecule has 0 atom stereocenters. The highest BCUT2D eigenvalue weighted by molar-refractivity contribution is 5.71. The third kappa shape index (κ3) is 3.54. The number of primary amides is 1. The van der Waals surface area contributed by atoms with E-state index in [0.717, 1.165) is 0 Å². The summed E-state index contributed by atoms with van der Waals surface area (Å²) in [5.41, 5.74) is 3.42. The van der Waals surface area contributed by atoms with Crippen LogP contribution >= 0.6 is 0 Å². The van der Waals surface area contributed by atoms with Crippen molar-refractivity contribution in [1.82, 2.24) is 4.98 Å². The van der Waals surface area contributed by atoms with E-state index < -0.39 is 35.0 Å². The summed E-state index contributed by atoms with van der Waals surface area (Å²) < 4.78 is 57.5. The molecule has 0 saturated heterocycles. The molecule has 1 aromatic carbocycles. The van der Waals surface area contributed by atoms with Gasteiger partial charge in [0.05, 0.1) is 17.0 Å². The molecule has 1 aromatic heterocycles. The van der Waals surface area contributed by atoms with Gasteiger partial charge in [-0.25, -0.2) is 14.2 Å². The molecule has 2 aromatic rings. The number of aromatic nitrogens is 1. The van der Waals surface area contributed by atoms with Crippen LogP contribution in [0, 0.1) is 5.82 Å². The Balaban J connectivity index is 2.13. The second kappa shape index (κ2) is 6.12. The molecular formula is C18H14F4N2O2. The lowest BCUT2D eigenvalue weighted by Gasteiger charge is -2.19. The van der Waals surface area contributed by atoms with Crippen LogP contribution in [-0.4, -0.2) is 17.3 Å². The quantitative estimate of drug-likeness (QED) is 0.808. The second-order valence-corrected chi connectivity index (χ2v) is 6.02. The molecule has 2 N–H and O–H groups in total. The van der Waals surface area contributed by atoms with E-state index >= 15 is 0 Å². The zero-order valence-electron chi connectivity index (χ0n) is 13.4. The van der Waals surface area contributed by atoms with Crippen LogP contribution in [0.2, 0.25) is 0 Å². The maximum atomic E-state index is 13.1. The number of amides is 1. The van der Waals surface area contributed by atoms with Crippen molar-refractivity contribution >= 4 is 11.7 Å². The first-order chi connectivity index (χ1) is 12.1. The number of carbonyl (C=O) groups is 1. The molecule has 136 valence electrons. The van der Waals surface area contributed by atoms with Gasteiger partial charge in [-0.15, -0.1) is 0 Å². The lowest BCUT2D eigenvalue weighted by molar-refractivity contribution is -0.0689. The Morgan fingerprint density at radius 1 is 1.19 bits per heavy atom. The van der Waals surface area contributed by atoms with Gasteiger partial charge in [-0.1, -0.05) is 6.58 Å². The van der Waals surface area contributed by atoms with Crippen molar-refractivity contribution in [3.8, 4) is 11.3 Å². The van der Waals surface area contributed by atoms with Crippen LogP contribution in [0.5, 0.6) is 0 Å². The Labute approximate surface area is 146 Å². The Morgan fingerprint density at radius 3 is 2.31 bits per heavy atom. The van der Waals surface area contributed by atoms with Gasteiger partial charge in [-0.2, -0.15) is 13.2 Å². The first-order valence-electron chi connectivity index (χ1n) is 7.64. The van der Waals surface area contributed by atoms with Crippen LogP contribution in [0.25, 0.3) is 16.8 Å². The highest BCUT2D eigenvalue weighted by atomic mass is 19.4. The summed E-state index contributed by atoms with van der Waals surface area (Å²) in [4.78, 5) is 15.2. The number of pyridine rings is 1. The fraction of sp³-hybridized carbons (Fsp3) is 0.222. The summed E-state index contributed by atoms with van der Waals surface area (Å²) in [5.74, 6) is -0.486. The first-order valence-corrected chi connectivity index (χ1v) is 7.64. The number of ether oxygens (including phenoxy) is 1. The van der Waals surface area contributed by atoms with Crippen molar-refractivity contribution < 1.29 is 27.1 Å². The fourth-order valence-corrected chi connectivity index (χ4v) is 2.62. The van der Waals surface area contributed by atoms with Crippen molar-refractivity contribution in [1.29, 1.82) is 0 Å². The molecule has 26 heavy (non-hydrogen) atoms. The smallest absolute Gasteiger partial charge is 0.417 e. The van der Waals surface area contributed by atoms with Gasteiger partial charge in [-0.3, -0.25) is 0 Å². The van der Waals surface area contributed by atoms with E-state index in [1.54, 1.807) is 0 Å². The molecule has 4 nitrogen and oxygen atoms in total. The molecule has 0 radical (unpaired) electrons. The van der Waals surface area contributed by atoms with Crippen LogP contribution < -0.4 is 5.73 Å². The number of rotatable bonds is 4. The van der Waals surface area contributed by atoms with E-state index in [-0.39, 0.29) is 5.69 Å². The SMILES string of the molecule is C=C(c1cc(C2(OC(N)=O)CC2)cc(-c2ccc(F)cc2)n1)C(F)(F)F. The molecule has 1 aliphatic carbocycles. The molecule has 0 bridgehead atoms. The monoisotopic (exact) mass is 366 g/mol. The van der Waals surface area contributed by atoms with E-state index in [4.69, 9.17) is 10.5 Å². The maximum Gasteiger partial charge on any atom is 0.417 e. The molecule has 1 saturated carbocycles. The Kier molecular flexibility index (Phi) is 4.21. The normalized spacial score (nSPS) is 15.4. The Hall–Kier alpha value is -2.90. The van der Waals surface area contributed by atoms with Gasteiger partial charge in [0, 0.05) is 5.56 Å². The number of hydrogen-bond donors (Lipinski definition) is 1. The van der Waals surface area contributed by atoms with Crippen LogP contribution in [0.1, 0.15) is 24.1 Å². The lowest BCUT2D eigenvalue weighted by Crippen LogP contribution is -2.23. The number of benzene rings is 1. The van der Waals surface area contributed by atoms with E-state index in [9.17, 15) is 22.4 Å². The maximum absolute atomic E-state index is 13.1.